The highest BCUT2D eigenvalue weighted by molar-refractivity contribution is 6.18. The van der Waals surface area contributed by atoms with Crippen LogP contribution in [0.25, 0.3) is 110 Å². The predicted octanol–water partition coefficient (Wildman–Crippen LogP) is 18.9. The summed E-state index contributed by atoms with van der Waals surface area (Å²) in [5, 5.41) is 9.49. The highest BCUT2D eigenvalue weighted by atomic mass is 16.3. The van der Waals surface area contributed by atoms with Crippen LogP contribution >= 0.6 is 0 Å². The molecule has 0 aliphatic carbocycles. The lowest BCUT2D eigenvalue weighted by molar-refractivity contribution is 0.670. The van der Waals surface area contributed by atoms with Crippen LogP contribution in [0.5, 0.6) is 0 Å². The van der Waals surface area contributed by atoms with Gasteiger partial charge in [0.05, 0.1) is 11.1 Å². The number of benzene rings is 12. The van der Waals surface area contributed by atoms with Gasteiger partial charge in [-0.15, -0.1) is 0 Å². The molecular formula is C66H43NO. The predicted molar refractivity (Wildman–Crippen MR) is 288 cm³/mol. The second-order valence-electron chi connectivity index (χ2n) is 17.6. The lowest BCUT2D eigenvalue weighted by Gasteiger charge is -2.27. The Morgan fingerprint density at radius 2 is 0.735 bits per heavy atom. The van der Waals surface area contributed by atoms with Gasteiger partial charge < -0.3 is 9.32 Å². The monoisotopic (exact) mass is 865 g/mol. The van der Waals surface area contributed by atoms with Gasteiger partial charge in [0.2, 0.25) is 0 Å². The van der Waals surface area contributed by atoms with Crippen LogP contribution in [0.2, 0.25) is 0 Å². The van der Waals surface area contributed by atoms with E-state index < -0.39 is 0 Å². The number of nitrogens with zero attached hydrogens (tertiary/aromatic N) is 1. The van der Waals surface area contributed by atoms with Crippen molar-refractivity contribution in [3.63, 3.8) is 0 Å². The third-order valence-electron chi connectivity index (χ3n) is 13.7. The van der Waals surface area contributed by atoms with Gasteiger partial charge in [0.25, 0.3) is 0 Å². The van der Waals surface area contributed by atoms with Crippen molar-refractivity contribution in [2.75, 3.05) is 4.90 Å². The summed E-state index contributed by atoms with van der Waals surface area (Å²) in [6.07, 6.45) is 0. The van der Waals surface area contributed by atoms with Crippen molar-refractivity contribution < 1.29 is 4.42 Å². The first-order valence-corrected chi connectivity index (χ1v) is 23.3. The minimum absolute atomic E-state index is 0.860. The number of rotatable bonds is 8. The van der Waals surface area contributed by atoms with Crippen LogP contribution in [0, 0.1) is 0 Å². The zero-order valence-electron chi connectivity index (χ0n) is 37.2. The first kappa shape index (κ1) is 39.4. The summed E-state index contributed by atoms with van der Waals surface area (Å²) in [5.74, 6) is 0. The molecule has 1 aromatic heterocycles. The van der Waals surface area contributed by atoms with Crippen LogP contribution in [0.15, 0.2) is 265 Å². The Bertz CT molecular complexity index is 4020. The molecule has 2 nitrogen and oxygen atoms in total. The number of para-hydroxylation sites is 1. The van der Waals surface area contributed by atoms with Gasteiger partial charge in [0.1, 0.15) is 11.2 Å². The smallest absolute Gasteiger partial charge is 0.145 e. The number of anilines is 3. The number of furan rings is 1. The van der Waals surface area contributed by atoms with E-state index in [1.807, 2.05) is 0 Å². The van der Waals surface area contributed by atoms with Crippen molar-refractivity contribution in [1.82, 2.24) is 0 Å². The Morgan fingerprint density at radius 1 is 0.265 bits per heavy atom. The van der Waals surface area contributed by atoms with E-state index in [0.29, 0.717) is 0 Å². The Morgan fingerprint density at radius 3 is 1.41 bits per heavy atom. The summed E-state index contributed by atoms with van der Waals surface area (Å²) >= 11 is 0. The molecule has 0 amide bonds. The summed E-state index contributed by atoms with van der Waals surface area (Å²) in [7, 11) is 0. The first-order valence-electron chi connectivity index (χ1n) is 23.3. The topological polar surface area (TPSA) is 16.4 Å². The normalized spacial score (nSPS) is 11.5. The molecule has 0 saturated carbocycles. The molecule has 0 fully saturated rings. The zero-order chi connectivity index (χ0) is 45.0. The maximum Gasteiger partial charge on any atom is 0.145 e. The molecule has 0 unspecified atom stereocenters. The standard InChI is InChI=1S/C66H43NO/c1-3-17-49-42-51(30-28-44(49)14-1)46-32-36-53(37-33-46)67(63-41-40-61(60-26-13-19-47-16-5-6-20-55(47)60)66-65(63)62-25-11-12-27-64(62)68-66)54-38-34-48(35-39-54)56-21-7-9-23-58(56)59-24-10-8-22-57(59)52-31-29-45-15-2-4-18-50(45)43-52/h1-43H. The molecule has 0 saturated heterocycles. The quantitative estimate of drug-likeness (QED) is 0.151. The molecule has 13 rings (SSSR count). The first-order chi connectivity index (χ1) is 33.7. The Kier molecular flexibility index (Phi) is 9.54. The molecule has 13 aromatic rings. The van der Waals surface area contributed by atoms with E-state index in [9.17, 15) is 0 Å². The van der Waals surface area contributed by atoms with Crippen LogP contribution in [0.1, 0.15) is 0 Å². The van der Waals surface area contributed by atoms with Crippen molar-refractivity contribution in [1.29, 1.82) is 0 Å². The van der Waals surface area contributed by atoms with Crippen molar-refractivity contribution >= 4 is 71.3 Å². The van der Waals surface area contributed by atoms with Gasteiger partial charge in [0.15, 0.2) is 0 Å². The van der Waals surface area contributed by atoms with Crippen molar-refractivity contribution in [3.05, 3.63) is 261 Å². The number of fused-ring (bicyclic) bond motifs is 6. The molecule has 0 bridgehead atoms. The minimum atomic E-state index is 0.860. The maximum atomic E-state index is 6.93. The Balaban J connectivity index is 0.965. The van der Waals surface area contributed by atoms with Crippen LogP contribution in [-0.2, 0) is 0 Å². The largest absolute Gasteiger partial charge is 0.455 e. The van der Waals surface area contributed by atoms with Crippen molar-refractivity contribution in [2.45, 2.75) is 0 Å². The van der Waals surface area contributed by atoms with Gasteiger partial charge in [-0.2, -0.15) is 0 Å². The highest BCUT2D eigenvalue weighted by Crippen LogP contribution is 2.48. The molecule has 68 heavy (non-hydrogen) atoms. The zero-order valence-corrected chi connectivity index (χ0v) is 37.2. The van der Waals surface area contributed by atoms with Gasteiger partial charge in [-0.3, -0.25) is 0 Å². The van der Waals surface area contributed by atoms with E-state index in [1.54, 1.807) is 0 Å². The molecule has 2 heteroatoms. The van der Waals surface area contributed by atoms with Gasteiger partial charge >= 0.3 is 0 Å². The summed E-state index contributed by atoms with van der Waals surface area (Å²) in [6.45, 7) is 0. The second kappa shape index (κ2) is 16.5. The number of hydrogen-bond acceptors (Lipinski definition) is 2. The molecule has 318 valence electrons. The molecule has 0 aliphatic heterocycles. The third-order valence-corrected chi connectivity index (χ3v) is 13.7. The van der Waals surface area contributed by atoms with E-state index in [4.69, 9.17) is 4.42 Å². The molecule has 0 aliphatic rings. The SMILES string of the molecule is c1ccc(-c2ccccc2-c2ccc3ccccc3c2)c(-c2ccc(N(c3ccc(-c4ccc5ccccc5c4)cc3)c3ccc(-c4cccc5ccccc45)c4oc5ccccc5c34)cc2)c1. The van der Waals surface area contributed by atoms with Crippen LogP contribution in [-0.4, -0.2) is 0 Å². The van der Waals surface area contributed by atoms with Crippen LogP contribution in [0.4, 0.5) is 17.1 Å². The van der Waals surface area contributed by atoms with Crippen molar-refractivity contribution in [2.24, 2.45) is 0 Å². The molecule has 0 N–H and O–H groups in total. The Labute approximate surface area is 395 Å². The average Bonchev–Trinajstić information content (AvgIpc) is 3.81. The van der Waals surface area contributed by atoms with Gasteiger partial charge in [0, 0.05) is 22.3 Å². The summed E-state index contributed by atoms with van der Waals surface area (Å²) in [4.78, 5) is 2.39. The molecule has 1 heterocycles. The van der Waals surface area contributed by atoms with Gasteiger partial charge in [-0.25, -0.2) is 0 Å². The molecule has 0 radical (unpaired) electrons. The Hall–Kier alpha value is -8.98. The fraction of sp³-hybridized carbons (Fsp3) is 0. The van der Waals surface area contributed by atoms with Crippen LogP contribution < -0.4 is 4.90 Å². The second-order valence-corrected chi connectivity index (χ2v) is 17.6. The summed E-state index contributed by atoms with van der Waals surface area (Å²) in [5.41, 5.74) is 16.6. The molecule has 0 spiro atoms. The minimum Gasteiger partial charge on any atom is -0.455 e. The molecule has 12 aromatic carbocycles. The van der Waals surface area contributed by atoms with Gasteiger partial charge in [-0.1, -0.05) is 206 Å². The fourth-order valence-corrected chi connectivity index (χ4v) is 10.4. The van der Waals surface area contributed by atoms with E-state index in [0.717, 1.165) is 55.7 Å². The fourth-order valence-electron chi connectivity index (χ4n) is 10.4. The third kappa shape index (κ3) is 6.82. The van der Waals surface area contributed by atoms with Gasteiger partial charge in [-0.05, 0) is 137 Å². The van der Waals surface area contributed by atoms with E-state index in [1.165, 1.54) is 71.3 Å². The summed E-state index contributed by atoms with van der Waals surface area (Å²) in [6, 6.07) is 94.4. The van der Waals surface area contributed by atoms with E-state index in [-0.39, 0.29) is 0 Å². The van der Waals surface area contributed by atoms with Crippen LogP contribution in [0.3, 0.4) is 0 Å². The lowest BCUT2D eigenvalue weighted by atomic mass is 9.89. The number of hydrogen-bond donors (Lipinski definition) is 0. The average molecular weight is 866 g/mol. The van der Waals surface area contributed by atoms with Crippen molar-refractivity contribution in [3.8, 4) is 55.6 Å². The van der Waals surface area contributed by atoms with E-state index in [2.05, 4.69) is 266 Å². The highest BCUT2D eigenvalue weighted by Gasteiger charge is 2.23. The van der Waals surface area contributed by atoms with E-state index >= 15 is 0 Å². The lowest BCUT2D eigenvalue weighted by Crippen LogP contribution is -2.10. The summed E-state index contributed by atoms with van der Waals surface area (Å²) < 4.78 is 6.93. The molecular weight excluding hydrogens is 823 g/mol. The molecule has 0 atom stereocenters. The maximum absolute atomic E-state index is 6.93.